The third-order valence-corrected chi connectivity index (χ3v) is 4.89. The van der Waals surface area contributed by atoms with Gasteiger partial charge in [-0.2, -0.15) is 0 Å². The Morgan fingerprint density at radius 1 is 1.38 bits per heavy atom. The summed E-state index contributed by atoms with van der Waals surface area (Å²) in [6.45, 7) is 3.34. The maximum atomic E-state index is 13.9. The van der Waals surface area contributed by atoms with Crippen LogP contribution in [0, 0.1) is 16.5 Å². The molecule has 1 aliphatic rings. The molecule has 0 bridgehead atoms. The number of halogens is 1. The van der Waals surface area contributed by atoms with Gasteiger partial charge in [-0.3, -0.25) is 9.59 Å². The zero-order chi connectivity index (χ0) is 18.7. The summed E-state index contributed by atoms with van der Waals surface area (Å²) in [7, 11) is 0. The van der Waals surface area contributed by atoms with Crippen LogP contribution in [0.5, 0.6) is 0 Å². The summed E-state index contributed by atoms with van der Waals surface area (Å²) in [5.41, 5.74) is 1.28. The van der Waals surface area contributed by atoms with Crippen molar-refractivity contribution in [2.24, 2.45) is 5.92 Å². The highest BCUT2D eigenvalue weighted by Gasteiger charge is 2.26. The Labute approximate surface area is 155 Å². The Balaban J connectivity index is 1.73. The highest BCUT2D eigenvalue weighted by Crippen LogP contribution is 2.25. The first-order valence-electron chi connectivity index (χ1n) is 8.84. The van der Waals surface area contributed by atoms with Crippen molar-refractivity contribution in [3.05, 3.63) is 28.3 Å². The van der Waals surface area contributed by atoms with Crippen molar-refractivity contribution < 1.29 is 18.7 Å². The number of likely N-dealkylation sites (tertiary alicyclic amines) is 1. The van der Waals surface area contributed by atoms with E-state index in [1.165, 1.54) is 12.1 Å². The number of hydrogen-bond acceptors (Lipinski definition) is 4. The summed E-state index contributed by atoms with van der Waals surface area (Å²) in [6, 6.07) is 2.56. The summed E-state index contributed by atoms with van der Waals surface area (Å²) in [5, 5.41) is 0. The predicted molar refractivity (Wildman–Crippen MR) is 97.9 cm³/mol. The maximum absolute atomic E-state index is 13.9. The smallest absolute Gasteiger partial charge is 0.305 e. The molecule has 1 aliphatic heterocycles. The number of aromatic amines is 2. The highest BCUT2D eigenvalue weighted by molar-refractivity contribution is 7.71. The van der Waals surface area contributed by atoms with Gasteiger partial charge >= 0.3 is 5.97 Å². The Kier molecular flexibility index (Phi) is 5.70. The molecule has 0 spiro atoms. The van der Waals surface area contributed by atoms with E-state index in [1.807, 2.05) is 0 Å². The molecular weight excluding hydrogens is 357 g/mol. The Hall–Kier alpha value is -2.22. The number of piperidine rings is 1. The molecule has 0 unspecified atom stereocenters. The van der Waals surface area contributed by atoms with E-state index in [-0.39, 0.29) is 23.4 Å². The van der Waals surface area contributed by atoms with E-state index in [4.69, 9.17) is 17.0 Å². The van der Waals surface area contributed by atoms with E-state index in [2.05, 4.69) is 9.97 Å². The molecule has 1 saturated heterocycles. The molecule has 0 radical (unpaired) electrons. The van der Waals surface area contributed by atoms with Gasteiger partial charge in [-0.25, -0.2) is 4.39 Å². The van der Waals surface area contributed by atoms with Crippen LogP contribution >= 0.6 is 12.2 Å². The molecule has 140 valence electrons. The van der Waals surface area contributed by atoms with Crippen LogP contribution in [0.1, 0.15) is 43.0 Å². The van der Waals surface area contributed by atoms with E-state index in [0.717, 1.165) is 12.8 Å². The van der Waals surface area contributed by atoms with Crippen molar-refractivity contribution in [3.63, 3.8) is 0 Å². The lowest BCUT2D eigenvalue weighted by Crippen LogP contribution is -2.40. The van der Waals surface area contributed by atoms with Crippen LogP contribution in [-0.4, -0.2) is 46.4 Å². The molecule has 8 heteroatoms. The molecule has 1 atom stereocenters. The number of ether oxygens (including phenoxy) is 1. The van der Waals surface area contributed by atoms with E-state index >= 15 is 0 Å². The minimum absolute atomic E-state index is 0.206. The lowest BCUT2D eigenvalue weighted by molar-refractivity contribution is -0.143. The molecule has 2 heterocycles. The van der Waals surface area contributed by atoms with Gasteiger partial charge in [0.2, 0.25) is 0 Å². The molecule has 6 nitrogen and oxygen atoms in total. The van der Waals surface area contributed by atoms with Gasteiger partial charge in [-0.1, -0.05) is 0 Å². The molecule has 26 heavy (non-hydrogen) atoms. The molecular formula is C18H22FN3O3S. The van der Waals surface area contributed by atoms with Gasteiger partial charge < -0.3 is 19.6 Å². The van der Waals surface area contributed by atoms with Crippen molar-refractivity contribution in [2.45, 2.75) is 32.6 Å². The van der Waals surface area contributed by atoms with Crippen molar-refractivity contribution in [2.75, 3.05) is 19.7 Å². The van der Waals surface area contributed by atoms with Gasteiger partial charge in [-0.15, -0.1) is 0 Å². The summed E-state index contributed by atoms with van der Waals surface area (Å²) >= 11 is 5.06. The average Bonchev–Trinajstić information content (AvgIpc) is 2.99. The van der Waals surface area contributed by atoms with Crippen LogP contribution in [0.25, 0.3) is 11.0 Å². The van der Waals surface area contributed by atoms with Crippen LogP contribution < -0.4 is 0 Å². The number of benzene rings is 1. The number of fused-ring (bicyclic) bond motifs is 1. The van der Waals surface area contributed by atoms with Gasteiger partial charge in [0.25, 0.3) is 5.91 Å². The fraction of sp³-hybridized carbons (Fsp3) is 0.500. The zero-order valence-electron chi connectivity index (χ0n) is 14.6. The first-order valence-corrected chi connectivity index (χ1v) is 9.25. The number of aromatic nitrogens is 2. The number of nitrogens with zero attached hydrogens (tertiary/aromatic N) is 1. The largest absolute Gasteiger partial charge is 0.466 e. The van der Waals surface area contributed by atoms with E-state index in [9.17, 15) is 14.0 Å². The molecule has 2 N–H and O–H groups in total. The number of amides is 1. The van der Waals surface area contributed by atoms with Crippen molar-refractivity contribution in [1.29, 1.82) is 0 Å². The number of carbonyl (C=O) groups is 2. The number of esters is 1. The molecule has 0 aliphatic carbocycles. The lowest BCUT2D eigenvalue weighted by atomic mass is 9.93. The Bertz CT molecular complexity index is 876. The van der Waals surface area contributed by atoms with Gasteiger partial charge in [-0.05, 0) is 56.5 Å². The van der Waals surface area contributed by atoms with Gasteiger partial charge in [0.1, 0.15) is 5.82 Å². The monoisotopic (exact) mass is 379 g/mol. The third-order valence-electron chi connectivity index (χ3n) is 4.69. The minimum Gasteiger partial charge on any atom is -0.466 e. The second kappa shape index (κ2) is 7.99. The summed E-state index contributed by atoms with van der Waals surface area (Å²) in [5.74, 6) is -0.670. The first-order chi connectivity index (χ1) is 12.5. The molecule has 1 fully saturated rings. The van der Waals surface area contributed by atoms with E-state index in [0.29, 0.717) is 48.3 Å². The average molecular weight is 379 g/mol. The lowest BCUT2D eigenvalue weighted by Gasteiger charge is -2.33. The quantitative estimate of drug-likeness (QED) is 0.615. The molecule has 0 saturated carbocycles. The second-order valence-electron chi connectivity index (χ2n) is 6.56. The van der Waals surface area contributed by atoms with E-state index in [1.54, 1.807) is 11.8 Å². The third kappa shape index (κ3) is 4.12. The van der Waals surface area contributed by atoms with Crippen molar-refractivity contribution in [3.8, 4) is 0 Å². The minimum atomic E-state index is -0.484. The number of H-pyrrole nitrogens is 2. The summed E-state index contributed by atoms with van der Waals surface area (Å²) in [6.07, 6.45) is 2.87. The Morgan fingerprint density at radius 2 is 2.19 bits per heavy atom. The maximum Gasteiger partial charge on any atom is 0.305 e. The molecule has 2 aromatic rings. The normalized spacial score (nSPS) is 17.5. The Morgan fingerprint density at radius 3 is 2.96 bits per heavy atom. The fourth-order valence-corrected chi connectivity index (χ4v) is 3.70. The number of hydrogen-bond donors (Lipinski definition) is 2. The molecule has 3 rings (SSSR count). The number of imidazole rings is 1. The summed E-state index contributed by atoms with van der Waals surface area (Å²) in [4.78, 5) is 32.0. The number of nitrogens with one attached hydrogen (secondary N) is 2. The zero-order valence-corrected chi connectivity index (χ0v) is 15.5. The van der Waals surface area contributed by atoms with Crippen molar-refractivity contribution >= 4 is 35.1 Å². The van der Waals surface area contributed by atoms with Gasteiger partial charge in [0.15, 0.2) is 4.77 Å². The fourth-order valence-electron chi connectivity index (χ4n) is 3.49. The topological polar surface area (TPSA) is 78.2 Å². The number of carbonyl (C=O) groups excluding carboxylic acids is 2. The van der Waals surface area contributed by atoms with Gasteiger partial charge in [0.05, 0.1) is 23.2 Å². The van der Waals surface area contributed by atoms with E-state index < -0.39 is 5.82 Å². The predicted octanol–water partition coefficient (Wildman–Crippen LogP) is 3.56. The van der Waals surface area contributed by atoms with Crippen LogP contribution in [0.15, 0.2) is 12.1 Å². The van der Waals surface area contributed by atoms with Gasteiger partial charge in [0, 0.05) is 19.5 Å². The van der Waals surface area contributed by atoms with Crippen LogP contribution in [0.3, 0.4) is 0 Å². The van der Waals surface area contributed by atoms with Crippen LogP contribution in [-0.2, 0) is 9.53 Å². The summed E-state index contributed by atoms with van der Waals surface area (Å²) < 4.78 is 19.2. The highest BCUT2D eigenvalue weighted by atomic mass is 32.1. The van der Waals surface area contributed by atoms with Crippen LogP contribution in [0.2, 0.25) is 0 Å². The standard InChI is InChI=1S/C18H22FN3O3S/c1-2-25-15(23)6-5-11-4-3-7-22(10-11)17(24)13-8-12(19)9-14-16(13)21-18(26)20-14/h8-9,11H,2-7,10H2,1H3,(H2,20,21,26)/t11-/m0/s1. The van der Waals surface area contributed by atoms with Crippen molar-refractivity contribution in [1.82, 2.24) is 14.9 Å². The molecule has 1 amide bonds. The SMILES string of the molecule is CCOC(=O)CC[C@@H]1CCCN(C(=O)c2cc(F)cc3[nH]c(=S)[nH]c23)C1. The molecule has 1 aromatic heterocycles. The second-order valence-corrected chi connectivity index (χ2v) is 6.97. The first kappa shape index (κ1) is 18.6. The molecule has 1 aromatic carbocycles. The van der Waals surface area contributed by atoms with Crippen LogP contribution in [0.4, 0.5) is 4.39 Å². The number of rotatable bonds is 5.